The number of hydrogen-bond donors (Lipinski definition) is 0. The van der Waals surface area contributed by atoms with Crippen LogP contribution in [0.2, 0.25) is 0 Å². The van der Waals surface area contributed by atoms with Crippen LogP contribution in [0.25, 0.3) is 0 Å². The topological polar surface area (TPSA) is 67.9 Å². The fourth-order valence-electron chi connectivity index (χ4n) is 1.15. The number of carbonyl (C=O) groups is 1. The normalized spacial score (nSPS) is 11.9. The molecule has 1 atom stereocenters. The van der Waals surface area contributed by atoms with Gasteiger partial charge in [-0.15, -0.1) is 0 Å². The number of nitriles is 1. The third-order valence-electron chi connectivity index (χ3n) is 1.90. The van der Waals surface area contributed by atoms with Crippen molar-refractivity contribution in [3.05, 3.63) is 17.5 Å². The summed E-state index contributed by atoms with van der Waals surface area (Å²) in [7, 11) is 2.98. The molecular weight excluding hydrogens is 182 g/mol. The third-order valence-corrected chi connectivity index (χ3v) is 1.90. The van der Waals surface area contributed by atoms with Crippen molar-refractivity contribution >= 4 is 5.97 Å². The van der Waals surface area contributed by atoms with Crippen LogP contribution >= 0.6 is 0 Å². The zero-order valence-electron chi connectivity index (χ0n) is 8.31. The summed E-state index contributed by atoms with van der Waals surface area (Å²) >= 11 is 0. The smallest absolute Gasteiger partial charge is 0.358 e. The Balaban J connectivity index is 3.17. The van der Waals surface area contributed by atoms with Crippen LogP contribution in [0.3, 0.4) is 0 Å². The average Bonchev–Trinajstić information content (AvgIpc) is 2.58. The molecule has 0 aromatic carbocycles. The Labute approximate surface area is 81.9 Å². The van der Waals surface area contributed by atoms with E-state index in [9.17, 15) is 4.79 Å². The van der Waals surface area contributed by atoms with Crippen molar-refractivity contribution in [3.8, 4) is 6.07 Å². The first-order valence-corrected chi connectivity index (χ1v) is 4.11. The minimum absolute atomic E-state index is 0.212. The van der Waals surface area contributed by atoms with E-state index < -0.39 is 5.97 Å². The van der Waals surface area contributed by atoms with Gasteiger partial charge in [0.05, 0.1) is 19.1 Å². The van der Waals surface area contributed by atoms with Crippen LogP contribution in [0.5, 0.6) is 0 Å². The molecule has 0 aliphatic rings. The minimum Gasteiger partial charge on any atom is -0.464 e. The average molecular weight is 193 g/mol. The van der Waals surface area contributed by atoms with E-state index >= 15 is 0 Å². The van der Waals surface area contributed by atoms with Crippen molar-refractivity contribution in [2.75, 3.05) is 7.11 Å². The second-order valence-corrected chi connectivity index (χ2v) is 2.95. The number of aryl methyl sites for hydroxylation is 1. The lowest BCUT2D eigenvalue weighted by molar-refractivity contribution is 0.0591. The molecule has 0 N–H and O–H groups in total. The molecule has 1 heterocycles. The standard InChI is InChI=1S/C9H11N3O2/c1-6(4-10)7-5-12(2)11-8(7)9(13)14-3/h5-6H,1-3H3. The Bertz CT molecular complexity index is 389. The first-order valence-electron chi connectivity index (χ1n) is 4.11. The summed E-state index contributed by atoms with van der Waals surface area (Å²) in [6.07, 6.45) is 1.65. The van der Waals surface area contributed by atoms with E-state index in [1.165, 1.54) is 11.8 Å². The molecule has 14 heavy (non-hydrogen) atoms. The summed E-state index contributed by atoms with van der Waals surface area (Å²) in [6, 6.07) is 2.05. The van der Waals surface area contributed by atoms with E-state index in [0.29, 0.717) is 5.56 Å². The highest BCUT2D eigenvalue weighted by molar-refractivity contribution is 5.89. The number of methoxy groups -OCH3 is 1. The maximum Gasteiger partial charge on any atom is 0.358 e. The van der Waals surface area contributed by atoms with Crippen LogP contribution in [0.15, 0.2) is 6.20 Å². The Kier molecular flexibility index (Phi) is 2.87. The molecule has 0 fully saturated rings. The molecule has 5 heteroatoms. The van der Waals surface area contributed by atoms with Crippen LogP contribution in [0.1, 0.15) is 28.9 Å². The lowest BCUT2D eigenvalue weighted by atomic mass is 10.0. The molecule has 0 spiro atoms. The Morgan fingerprint density at radius 3 is 2.93 bits per heavy atom. The molecule has 0 radical (unpaired) electrons. The highest BCUT2D eigenvalue weighted by atomic mass is 16.5. The van der Waals surface area contributed by atoms with Crippen LogP contribution in [-0.2, 0) is 11.8 Å². The van der Waals surface area contributed by atoms with Gasteiger partial charge < -0.3 is 4.74 Å². The number of nitrogens with zero attached hydrogens (tertiary/aromatic N) is 3. The second kappa shape index (κ2) is 3.92. The number of hydrogen-bond acceptors (Lipinski definition) is 4. The van der Waals surface area contributed by atoms with Crippen molar-refractivity contribution in [1.29, 1.82) is 5.26 Å². The number of carbonyl (C=O) groups excluding carboxylic acids is 1. The maximum absolute atomic E-state index is 11.3. The van der Waals surface area contributed by atoms with Crippen molar-refractivity contribution in [2.45, 2.75) is 12.8 Å². The lowest BCUT2D eigenvalue weighted by Crippen LogP contribution is -2.06. The van der Waals surface area contributed by atoms with E-state index in [1.54, 1.807) is 20.2 Å². The van der Waals surface area contributed by atoms with Gasteiger partial charge in [-0.25, -0.2) is 4.79 Å². The van der Waals surface area contributed by atoms with Crippen LogP contribution in [-0.4, -0.2) is 22.9 Å². The highest BCUT2D eigenvalue weighted by Gasteiger charge is 2.20. The van der Waals surface area contributed by atoms with E-state index in [0.717, 1.165) is 0 Å². The van der Waals surface area contributed by atoms with Gasteiger partial charge in [-0.2, -0.15) is 10.4 Å². The van der Waals surface area contributed by atoms with Gasteiger partial charge in [-0.3, -0.25) is 4.68 Å². The lowest BCUT2D eigenvalue weighted by Gasteiger charge is -2.00. The van der Waals surface area contributed by atoms with Gasteiger partial charge in [0.2, 0.25) is 0 Å². The quantitative estimate of drug-likeness (QED) is 0.652. The summed E-state index contributed by atoms with van der Waals surface area (Å²) in [5.74, 6) is -0.875. The van der Waals surface area contributed by atoms with Gasteiger partial charge in [-0.1, -0.05) is 0 Å². The van der Waals surface area contributed by atoms with Gasteiger partial charge >= 0.3 is 5.97 Å². The van der Waals surface area contributed by atoms with E-state index in [-0.39, 0.29) is 11.6 Å². The largest absolute Gasteiger partial charge is 0.464 e. The predicted molar refractivity (Wildman–Crippen MR) is 48.6 cm³/mol. The molecule has 1 aromatic rings. The van der Waals surface area contributed by atoms with Gasteiger partial charge in [-0.05, 0) is 6.92 Å². The molecule has 0 amide bonds. The van der Waals surface area contributed by atoms with Gasteiger partial charge in [0.1, 0.15) is 0 Å². The molecule has 0 aliphatic heterocycles. The maximum atomic E-state index is 11.3. The Morgan fingerprint density at radius 2 is 2.43 bits per heavy atom. The molecule has 1 rings (SSSR count). The zero-order chi connectivity index (χ0) is 10.7. The molecular formula is C9H11N3O2. The van der Waals surface area contributed by atoms with Crippen LogP contribution in [0.4, 0.5) is 0 Å². The van der Waals surface area contributed by atoms with Crippen LogP contribution in [0, 0.1) is 11.3 Å². The molecule has 0 aliphatic carbocycles. The van der Waals surface area contributed by atoms with E-state index in [4.69, 9.17) is 5.26 Å². The summed E-state index contributed by atoms with van der Waals surface area (Å²) in [5.41, 5.74) is 0.811. The summed E-state index contributed by atoms with van der Waals surface area (Å²) < 4.78 is 6.06. The van der Waals surface area contributed by atoms with Crippen molar-refractivity contribution < 1.29 is 9.53 Å². The molecule has 0 bridgehead atoms. The second-order valence-electron chi connectivity index (χ2n) is 2.95. The Hall–Kier alpha value is -1.83. The Morgan fingerprint density at radius 1 is 1.79 bits per heavy atom. The number of esters is 1. The molecule has 74 valence electrons. The predicted octanol–water partition coefficient (Wildman–Crippen LogP) is 0.834. The molecule has 0 saturated carbocycles. The SMILES string of the molecule is COC(=O)c1nn(C)cc1C(C)C#N. The monoisotopic (exact) mass is 193 g/mol. The summed E-state index contributed by atoms with van der Waals surface area (Å²) in [6.45, 7) is 1.71. The molecule has 0 saturated heterocycles. The number of aromatic nitrogens is 2. The van der Waals surface area contributed by atoms with Crippen molar-refractivity contribution in [2.24, 2.45) is 7.05 Å². The van der Waals surface area contributed by atoms with Gasteiger partial charge in [0.25, 0.3) is 0 Å². The number of rotatable bonds is 2. The molecule has 1 unspecified atom stereocenters. The van der Waals surface area contributed by atoms with Crippen molar-refractivity contribution in [3.63, 3.8) is 0 Å². The summed E-state index contributed by atoms with van der Waals surface area (Å²) in [5, 5.41) is 12.7. The highest BCUT2D eigenvalue weighted by Crippen LogP contribution is 2.18. The van der Waals surface area contributed by atoms with Crippen molar-refractivity contribution in [1.82, 2.24) is 9.78 Å². The minimum atomic E-state index is -0.511. The first-order chi connectivity index (χ1) is 6.60. The first kappa shape index (κ1) is 10.3. The third kappa shape index (κ3) is 1.74. The number of ether oxygens (including phenoxy) is 1. The molecule has 5 nitrogen and oxygen atoms in total. The fourth-order valence-corrected chi connectivity index (χ4v) is 1.15. The molecule has 1 aromatic heterocycles. The zero-order valence-corrected chi connectivity index (χ0v) is 8.31. The van der Waals surface area contributed by atoms with Gasteiger partial charge in [0.15, 0.2) is 5.69 Å². The summed E-state index contributed by atoms with van der Waals surface area (Å²) in [4.78, 5) is 11.3. The van der Waals surface area contributed by atoms with E-state index in [1.807, 2.05) is 0 Å². The van der Waals surface area contributed by atoms with Crippen LogP contribution < -0.4 is 0 Å². The van der Waals surface area contributed by atoms with E-state index in [2.05, 4.69) is 15.9 Å². The van der Waals surface area contributed by atoms with Gasteiger partial charge in [0, 0.05) is 18.8 Å². The fraction of sp³-hybridized carbons (Fsp3) is 0.444.